The zero-order chi connectivity index (χ0) is 12.0. The number of nitrogens with two attached hydrogens (primary N) is 5. The van der Waals surface area contributed by atoms with Gasteiger partial charge in [-0.1, -0.05) is 20.8 Å². The lowest BCUT2D eigenvalue weighted by Crippen LogP contribution is -2.75. The van der Waals surface area contributed by atoms with Gasteiger partial charge in [0.05, 0.1) is 0 Å². The first-order valence-electron chi connectivity index (χ1n) is 5.46. The summed E-state index contributed by atoms with van der Waals surface area (Å²) in [4.78, 5) is 0. The Bertz CT molecular complexity index is 208. The molecule has 0 aromatic carbocycles. The highest BCUT2D eigenvalue weighted by Crippen LogP contribution is 2.35. The van der Waals surface area contributed by atoms with Gasteiger partial charge in [-0.2, -0.15) is 0 Å². The average Bonchev–Trinajstić information content (AvgIpc) is 2.09. The maximum absolute atomic E-state index is 6.11. The first kappa shape index (κ1) is 12.9. The SMILES string of the molecule is CC(C)(C)C1C(N)C(N)C(N)C(N)C1N. The third kappa shape index (κ3) is 2.16. The normalized spacial score (nSPS) is 48.0. The highest BCUT2D eigenvalue weighted by Gasteiger charge is 2.47. The molecule has 1 fully saturated rings. The van der Waals surface area contributed by atoms with E-state index in [0.717, 1.165) is 0 Å². The van der Waals surface area contributed by atoms with Crippen molar-refractivity contribution in [2.24, 2.45) is 40.0 Å². The molecule has 0 aromatic rings. The molecular formula is C10H25N5. The Morgan fingerprint density at radius 2 is 0.867 bits per heavy atom. The van der Waals surface area contributed by atoms with Crippen molar-refractivity contribution in [2.45, 2.75) is 51.0 Å². The van der Waals surface area contributed by atoms with Crippen LogP contribution in [0.2, 0.25) is 0 Å². The molecule has 0 radical (unpaired) electrons. The van der Waals surface area contributed by atoms with Crippen molar-refractivity contribution in [2.75, 3.05) is 0 Å². The molecular weight excluding hydrogens is 190 g/mol. The molecule has 0 saturated heterocycles. The quantitative estimate of drug-likeness (QED) is 0.329. The molecule has 0 bridgehead atoms. The molecule has 1 saturated carbocycles. The van der Waals surface area contributed by atoms with Gasteiger partial charge in [-0.15, -0.1) is 0 Å². The molecule has 0 aliphatic heterocycles. The van der Waals surface area contributed by atoms with E-state index in [4.69, 9.17) is 28.7 Å². The molecule has 0 spiro atoms. The molecule has 5 nitrogen and oxygen atoms in total. The summed E-state index contributed by atoms with van der Waals surface area (Å²) in [6.07, 6.45) is 0. The molecule has 1 aliphatic carbocycles. The largest absolute Gasteiger partial charge is 0.326 e. The van der Waals surface area contributed by atoms with Crippen molar-refractivity contribution in [1.29, 1.82) is 0 Å². The van der Waals surface area contributed by atoms with Crippen molar-refractivity contribution < 1.29 is 0 Å². The molecule has 15 heavy (non-hydrogen) atoms. The Morgan fingerprint density at radius 3 is 1.13 bits per heavy atom. The van der Waals surface area contributed by atoms with Crippen LogP contribution in [-0.2, 0) is 0 Å². The minimum absolute atomic E-state index is 0.00574. The smallest absolute Gasteiger partial charge is 0.0377 e. The van der Waals surface area contributed by atoms with Gasteiger partial charge in [0.25, 0.3) is 0 Å². The molecule has 0 amide bonds. The van der Waals surface area contributed by atoms with Crippen molar-refractivity contribution in [1.82, 2.24) is 0 Å². The van der Waals surface area contributed by atoms with E-state index in [0.29, 0.717) is 0 Å². The van der Waals surface area contributed by atoms with Crippen LogP contribution in [0, 0.1) is 11.3 Å². The third-order valence-electron chi connectivity index (χ3n) is 3.61. The minimum atomic E-state index is -0.311. The summed E-state index contributed by atoms with van der Waals surface area (Å²) in [5.41, 5.74) is 30.1. The van der Waals surface area contributed by atoms with Crippen LogP contribution in [0.3, 0.4) is 0 Å². The number of rotatable bonds is 0. The summed E-state index contributed by atoms with van der Waals surface area (Å²) < 4.78 is 0. The molecule has 1 rings (SSSR count). The van der Waals surface area contributed by atoms with Gasteiger partial charge >= 0.3 is 0 Å². The van der Waals surface area contributed by atoms with E-state index >= 15 is 0 Å². The Labute approximate surface area is 91.7 Å². The van der Waals surface area contributed by atoms with E-state index in [-0.39, 0.29) is 41.5 Å². The maximum atomic E-state index is 6.11. The summed E-state index contributed by atoms with van der Waals surface area (Å²) in [5.74, 6) is 0.0994. The number of hydrogen-bond donors (Lipinski definition) is 5. The zero-order valence-electron chi connectivity index (χ0n) is 9.85. The molecule has 10 N–H and O–H groups in total. The Hall–Kier alpha value is -0.200. The van der Waals surface area contributed by atoms with Crippen molar-refractivity contribution >= 4 is 0 Å². The topological polar surface area (TPSA) is 130 Å². The van der Waals surface area contributed by atoms with Gasteiger partial charge in [0, 0.05) is 30.2 Å². The van der Waals surface area contributed by atoms with Gasteiger partial charge in [-0.05, 0) is 11.3 Å². The lowest BCUT2D eigenvalue weighted by Gasteiger charge is -2.50. The first-order valence-corrected chi connectivity index (χ1v) is 5.46. The van der Waals surface area contributed by atoms with E-state index in [1.807, 2.05) is 0 Å². The lowest BCUT2D eigenvalue weighted by molar-refractivity contribution is 0.0903. The third-order valence-corrected chi connectivity index (χ3v) is 3.61. The van der Waals surface area contributed by atoms with E-state index in [9.17, 15) is 0 Å². The predicted molar refractivity (Wildman–Crippen MR) is 62.8 cm³/mol. The molecule has 4 unspecified atom stereocenters. The summed E-state index contributed by atoms with van der Waals surface area (Å²) in [6.45, 7) is 6.31. The summed E-state index contributed by atoms with van der Waals surface area (Å²) in [7, 11) is 0. The lowest BCUT2D eigenvalue weighted by atomic mass is 9.63. The van der Waals surface area contributed by atoms with E-state index < -0.39 is 0 Å². The summed E-state index contributed by atoms with van der Waals surface area (Å²) in [6, 6.07) is -1.23. The standard InChI is InChI=1S/C10H25N5/c1-10(2,3)4-5(11)7(13)9(15)8(14)6(4)12/h4-9H,11-15H2,1-3H3. The van der Waals surface area contributed by atoms with Crippen LogP contribution in [0.1, 0.15) is 20.8 Å². The van der Waals surface area contributed by atoms with Crippen LogP contribution in [0.5, 0.6) is 0 Å². The average molecular weight is 215 g/mol. The first-order chi connectivity index (χ1) is 6.68. The molecule has 0 aromatic heterocycles. The zero-order valence-corrected chi connectivity index (χ0v) is 9.85. The van der Waals surface area contributed by atoms with Crippen molar-refractivity contribution in [3.8, 4) is 0 Å². The van der Waals surface area contributed by atoms with Crippen LogP contribution in [0.4, 0.5) is 0 Å². The molecule has 1 aliphatic rings. The van der Waals surface area contributed by atoms with Crippen LogP contribution in [0.25, 0.3) is 0 Å². The second-order valence-electron chi connectivity index (χ2n) is 5.78. The highest BCUT2D eigenvalue weighted by molar-refractivity contribution is 5.10. The second-order valence-corrected chi connectivity index (χ2v) is 5.78. The van der Waals surface area contributed by atoms with Gasteiger partial charge in [0.2, 0.25) is 0 Å². The highest BCUT2D eigenvalue weighted by atomic mass is 15.0. The fourth-order valence-corrected chi connectivity index (χ4v) is 2.66. The van der Waals surface area contributed by atoms with Gasteiger partial charge in [0.15, 0.2) is 0 Å². The molecule has 90 valence electrons. The minimum Gasteiger partial charge on any atom is -0.326 e. The van der Waals surface area contributed by atoms with Crippen LogP contribution in [-0.4, -0.2) is 30.2 Å². The van der Waals surface area contributed by atoms with Gasteiger partial charge in [0.1, 0.15) is 0 Å². The van der Waals surface area contributed by atoms with Crippen LogP contribution >= 0.6 is 0 Å². The molecule has 4 atom stereocenters. The fraction of sp³-hybridized carbons (Fsp3) is 1.00. The molecule has 5 heteroatoms. The van der Waals surface area contributed by atoms with E-state index in [2.05, 4.69) is 20.8 Å². The maximum Gasteiger partial charge on any atom is 0.0377 e. The number of hydrogen-bond acceptors (Lipinski definition) is 5. The Balaban J connectivity index is 2.97. The summed E-state index contributed by atoms with van der Waals surface area (Å²) >= 11 is 0. The fourth-order valence-electron chi connectivity index (χ4n) is 2.66. The molecule has 0 heterocycles. The van der Waals surface area contributed by atoms with Gasteiger partial charge in [-0.25, -0.2) is 0 Å². The summed E-state index contributed by atoms with van der Waals surface area (Å²) in [5, 5.41) is 0. The monoisotopic (exact) mass is 215 g/mol. The van der Waals surface area contributed by atoms with E-state index in [1.54, 1.807) is 0 Å². The Morgan fingerprint density at radius 1 is 0.600 bits per heavy atom. The van der Waals surface area contributed by atoms with Crippen LogP contribution < -0.4 is 28.7 Å². The van der Waals surface area contributed by atoms with Crippen LogP contribution in [0.15, 0.2) is 0 Å². The van der Waals surface area contributed by atoms with Crippen molar-refractivity contribution in [3.05, 3.63) is 0 Å². The Kier molecular flexibility index (Phi) is 3.42. The second kappa shape index (κ2) is 3.99. The van der Waals surface area contributed by atoms with Gasteiger partial charge < -0.3 is 28.7 Å². The van der Waals surface area contributed by atoms with Crippen molar-refractivity contribution in [3.63, 3.8) is 0 Å². The van der Waals surface area contributed by atoms with Gasteiger partial charge in [-0.3, -0.25) is 0 Å². The predicted octanol–water partition coefficient (Wildman–Crippen LogP) is -1.70. The van der Waals surface area contributed by atoms with E-state index in [1.165, 1.54) is 0 Å².